The zero-order valence-electron chi connectivity index (χ0n) is 6.81. The van der Waals surface area contributed by atoms with Crippen molar-refractivity contribution >= 4 is 0 Å². The molecule has 0 aromatic heterocycles. The minimum Gasteiger partial charge on any atom is -0.300 e. The van der Waals surface area contributed by atoms with Gasteiger partial charge in [-0.2, -0.15) is 0 Å². The highest BCUT2D eigenvalue weighted by atomic mass is 19.1. The molecule has 0 heterocycles. The van der Waals surface area contributed by atoms with Gasteiger partial charge in [0.15, 0.2) is 0 Å². The summed E-state index contributed by atoms with van der Waals surface area (Å²) in [5, 5.41) is 0. The third-order valence-electron chi connectivity index (χ3n) is 1.39. The largest absolute Gasteiger partial charge is 0.300 e. The highest BCUT2D eigenvalue weighted by molar-refractivity contribution is 4.72. The topological polar surface area (TPSA) is 3.24 Å². The number of halogens is 1. The van der Waals surface area contributed by atoms with E-state index in [0.29, 0.717) is 13.0 Å². The van der Waals surface area contributed by atoms with Gasteiger partial charge < -0.3 is 0 Å². The number of alkyl halides is 1. The molecule has 0 bridgehead atoms. The second-order valence-electron chi connectivity index (χ2n) is 2.52. The van der Waals surface area contributed by atoms with Crippen molar-refractivity contribution in [3.05, 3.63) is 12.7 Å². The van der Waals surface area contributed by atoms with E-state index in [9.17, 15) is 4.39 Å². The van der Waals surface area contributed by atoms with E-state index in [0.717, 1.165) is 6.54 Å². The molecule has 2 heteroatoms. The van der Waals surface area contributed by atoms with E-state index < -0.39 is 6.17 Å². The Hall–Kier alpha value is -0.370. The molecule has 0 rings (SSSR count). The second-order valence-corrected chi connectivity index (χ2v) is 2.52. The predicted octanol–water partition coefficient (Wildman–Crippen LogP) is 1.85. The minimum absolute atomic E-state index is 0.516. The number of nitrogens with zero attached hydrogens (tertiary/aromatic N) is 1. The van der Waals surface area contributed by atoms with E-state index in [2.05, 4.69) is 6.58 Å². The molecule has 0 N–H and O–H groups in total. The molecule has 0 spiro atoms. The van der Waals surface area contributed by atoms with Crippen LogP contribution in [0.1, 0.15) is 13.3 Å². The fourth-order valence-electron chi connectivity index (χ4n) is 0.762. The first kappa shape index (κ1) is 9.63. The van der Waals surface area contributed by atoms with Gasteiger partial charge in [0.2, 0.25) is 0 Å². The summed E-state index contributed by atoms with van der Waals surface area (Å²) in [6.45, 7) is 6.70. The van der Waals surface area contributed by atoms with Crippen LogP contribution < -0.4 is 0 Å². The Morgan fingerprint density at radius 1 is 1.70 bits per heavy atom. The molecule has 0 aliphatic rings. The van der Waals surface area contributed by atoms with Crippen molar-refractivity contribution in [1.82, 2.24) is 4.90 Å². The SMILES string of the molecule is C=CCN(C)CC(F)CC. The van der Waals surface area contributed by atoms with Crippen LogP contribution in [0.4, 0.5) is 4.39 Å². The maximum atomic E-state index is 12.6. The van der Waals surface area contributed by atoms with Gasteiger partial charge in [-0.1, -0.05) is 13.0 Å². The van der Waals surface area contributed by atoms with Crippen molar-refractivity contribution in [2.75, 3.05) is 20.1 Å². The van der Waals surface area contributed by atoms with Gasteiger partial charge in [0.25, 0.3) is 0 Å². The van der Waals surface area contributed by atoms with Crippen molar-refractivity contribution in [3.63, 3.8) is 0 Å². The Morgan fingerprint density at radius 2 is 2.30 bits per heavy atom. The molecule has 0 aromatic carbocycles. The van der Waals surface area contributed by atoms with Crippen molar-refractivity contribution in [3.8, 4) is 0 Å². The first-order chi connectivity index (χ1) is 4.70. The number of rotatable bonds is 5. The van der Waals surface area contributed by atoms with E-state index in [1.807, 2.05) is 18.9 Å². The second kappa shape index (κ2) is 5.42. The van der Waals surface area contributed by atoms with Gasteiger partial charge in [-0.3, -0.25) is 4.90 Å². The summed E-state index contributed by atoms with van der Waals surface area (Å²) >= 11 is 0. The average Bonchev–Trinajstić information content (AvgIpc) is 1.88. The summed E-state index contributed by atoms with van der Waals surface area (Å²) < 4.78 is 12.6. The van der Waals surface area contributed by atoms with Gasteiger partial charge in [-0.15, -0.1) is 6.58 Å². The van der Waals surface area contributed by atoms with Crippen molar-refractivity contribution in [1.29, 1.82) is 0 Å². The van der Waals surface area contributed by atoms with Crippen LogP contribution in [0.2, 0.25) is 0 Å². The van der Waals surface area contributed by atoms with Gasteiger partial charge in [0.1, 0.15) is 6.17 Å². The summed E-state index contributed by atoms with van der Waals surface area (Å²) in [4.78, 5) is 1.92. The first-order valence-electron chi connectivity index (χ1n) is 3.64. The van der Waals surface area contributed by atoms with E-state index in [1.54, 1.807) is 6.08 Å². The van der Waals surface area contributed by atoms with Crippen LogP contribution in [0.3, 0.4) is 0 Å². The molecule has 0 aliphatic heterocycles. The third kappa shape index (κ3) is 4.50. The molecule has 0 saturated heterocycles. The molecule has 0 aliphatic carbocycles. The van der Waals surface area contributed by atoms with Crippen LogP contribution >= 0.6 is 0 Å². The lowest BCUT2D eigenvalue weighted by atomic mass is 10.3. The van der Waals surface area contributed by atoms with Crippen LogP contribution in [0.25, 0.3) is 0 Å². The number of hydrogen-bond acceptors (Lipinski definition) is 1. The summed E-state index contributed by atoms with van der Waals surface area (Å²) in [5.41, 5.74) is 0. The summed E-state index contributed by atoms with van der Waals surface area (Å²) in [6, 6.07) is 0. The predicted molar refractivity (Wildman–Crippen MR) is 42.9 cm³/mol. The van der Waals surface area contributed by atoms with Gasteiger partial charge in [-0.05, 0) is 13.5 Å². The van der Waals surface area contributed by atoms with Crippen LogP contribution in [0.15, 0.2) is 12.7 Å². The van der Waals surface area contributed by atoms with Crippen LogP contribution in [-0.2, 0) is 0 Å². The molecule has 60 valence electrons. The molecular weight excluding hydrogens is 129 g/mol. The van der Waals surface area contributed by atoms with Crippen LogP contribution in [0, 0.1) is 0 Å². The minimum atomic E-state index is -0.690. The summed E-state index contributed by atoms with van der Waals surface area (Å²) in [7, 11) is 1.89. The first-order valence-corrected chi connectivity index (χ1v) is 3.64. The molecule has 0 saturated carbocycles. The Labute approximate surface area is 62.5 Å². The van der Waals surface area contributed by atoms with Gasteiger partial charge >= 0.3 is 0 Å². The number of hydrogen-bond donors (Lipinski definition) is 0. The molecule has 0 amide bonds. The zero-order valence-corrected chi connectivity index (χ0v) is 6.81. The highest BCUT2D eigenvalue weighted by Gasteiger charge is 2.04. The Balaban J connectivity index is 3.35. The molecule has 0 radical (unpaired) electrons. The smallest absolute Gasteiger partial charge is 0.112 e. The summed E-state index contributed by atoms with van der Waals surface area (Å²) in [5.74, 6) is 0. The molecule has 1 unspecified atom stereocenters. The van der Waals surface area contributed by atoms with Gasteiger partial charge in [-0.25, -0.2) is 4.39 Å². The lowest BCUT2D eigenvalue weighted by Gasteiger charge is -2.15. The fraction of sp³-hybridized carbons (Fsp3) is 0.750. The molecular formula is C8H16FN. The van der Waals surface area contributed by atoms with Crippen molar-refractivity contribution in [2.24, 2.45) is 0 Å². The van der Waals surface area contributed by atoms with Crippen LogP contribution in [-0.4, -0.2) is 31.2 Å². The van der Waals surface area contributed by atoms with E-state index in [-0.39, 0.29) is 0 Å². The van der Waals surface area contributed by atoms with Gasteiger partial charge in [0.05, 0.1) is 0 Å². The van der Waals surface area contributed by atoms with Gasteiger partial charge in [0, 0.05) is 13.1 Å². The fourth-order valence-corrected chi connectivity index (χ4v) is 0.762. The molecule has 0 aromatic rings. The monoisotopic (exact) mass is 145 g/mol. The normalized spacial score (nSPS) is 13.6. The Kier molecular flexibility index (Phi) is 5.22. The summed E-state index contributed by atoms with van der Waals surface area (Å²) in [6.07, 6.45) is 1.69. The number of likely N-dealkylation sites (N-methyl/N-ethyl adjacent to an activating group) is 1. The van der Waals surface area contributed by atoms with E-state index in [1.165, 1.54) is 0 Å². The maximum Gasteiger partial charge on any atom is 0.112 e. The third-order valence-corrected chi connectivity index (χ3v) is 1.39. The molecule has 1 nitrogen and oxygen atoms in total. The lowest BCUT2D eigenvalue weighted by molar-refractivity contribution is 0.228. The molecule has 1 atom stereocenters. The van der Waals surface area contributed by atoms with Crippen molar-refractivity contribution in [2.45, 2.75) is 19.5 Å². The quantitative estimate of drug-likeness (QED) is 0.534. The zero-order chi connectivity index (χ0) is 7.98. The van der Waals surface area contributed by atoms with Crippen LogP contribution in [0.5, 0.6) is 0 Å². The van der Waals surface area contributed by atoms with E-state index in [4.69, 9.17) is 0 Å². The van der Waals surface area contributed by atoms with Crippen molar-refractivity contribution < 1.29 is 4.39 Å². The maximum absolute atomic E-state index is 12.6. The lowest BCUT2D eigenvalue weighted by Crippen LogP contribution is -2.26. The highest BCUT2D eigenvalue weighted by Crippen LogP contribution is 1.98. The average molecular weight is 145 g/mol. The Bertz CT molecular complexity index is 93.3. The molecule has 10 heavy (non-hydrogen) atoms. The standard InChI is InChI=1S/C8H16FN/c1-4-6-10(3)7-8(9)5-2/h4,8H,1,5-7H2,2-3H3. The molecule has 0 fully saturated rings. The Morgan fingerprint density at radius 3 is 2.70 bits per heavy atom. The van der Waals surface area contributed by atoms with E-state index >= 15 is 0 Å².